The molecule has 0 saturated heterocycles. The van der Waals surface area contributed by atoms with Crippen molar-refractivity contribution in [1.82, 2.24) is 0 Å². The first-order valence-electron chi connectivity index (χ1n) is 5.39. The Labute approximate surface area is 110 Å². The second kappa shape index (κ2) is 5.23. The molecule has 0 unspecified atom stereocenters. The molecular weight excluding hydrogens is 276 g/mol. The second-order valence-corrected chi connectivity index (χ2v) is 4.94. The average Bonchev–Trinajstić information content (AvgIpc) is 2.27. The van der Waals surface area contributed by atoms with E-state index in [2.05, 4.69) is 46.1 Å². The zero-order chi connectivity index (χ0) is 12.3. The highest BCUT2D eigenvalue weighted by Crippen LogP contribution is 2.22. The lowest BCUT2D eigenvalue weighted by Gasteiger charge is -1.98. The van der Waals surface area contributed by atoms with Gasteiger partial charge >= 0.3 is 0 Å². The van der Waals surface area contributed by atoms with Crippen LogP contribution in [0.5, 0.6) is 0 Å². The van der Waals surface area contributed by atoms with Crippen LogP contribution in [0.1, 0.15) is 11.1 Å². The maximum absolute atomic E-state index is 4.24. The van der Waals surface area contributed by atoms with Gasteiger partial charge in [-0.15, -0.1) is 0 Å². The molecule has 0 aliphatic heterocycles. The van der Waals surface area contributed by atoms with E-state index in [-0.39, 0.29) is 0 Å². The van der Waals surface area contributed by atoms with Gasteiger partial charge < -0.3 is 0 Å². The molecule has 0 aliphatic carbocycles. The van der Waals surface area contributed by atoms with Gasteiger partial charge in [0.05, 0.1) is 11.4 Å². The zero-order valence-corrected chi connectivity index (χ0v) is 11.4. The number of aryl methyl sites for hydroxylation is 2. The van der Waals surface area contributed by atoms with E-state index in [4.69, 9.17) is 0 Å². The first-order chi connectivity index (χ1) is 8.13. The zero-order valence-electron chi connectivity index (χ0n) is 9.81. The summed E-state index contributed by atoms with van der Waals surface area (Å²) in [4.78, 5) is 0. The molecule has 0 aromatic heterocycles. The fourth-order valence-electron chi connectivity index (χ4n) is 1.63. The Morgan fingerprint density at radius 1 is 0.765 bits per heavy atom. The Morgan fingerprint density at radius 3 is 1.88 bits per heavy atom. The van der Waals surface area contributed by atoms with E-state index in [1.807, 2.05) is 36.4 Å². The molecule has 0 radical (unpaired) electrons. The summed E-state index contributed by atoms with van der Waals surface area (Å²) in [5.41, 5.74) is 4.15. The third kappa shape index (κ3) is 3.49. The van der Waals surface area contributed by atoms with Gasteiger partial charge in [0.2, 0.25) is 0 Å². The largest absolute Gasteiger partial charge is 0.151 e. The molecule has 0 fully saturated rings. The molecule has 3 heteroatoms. The van der Waals surface area contributed by atoms with E-state index in [0.29, 0.717) is 0 Å². The normalized spacial score (nSPS) is 11.0. The first kappa shape index (κ1) is 12.0. The molecule has 0 heterocycles. The fraction of sp³-hybridized carbons (Fsp3) is 0.143. The molecule has 0 N–H and O–H groups in total. The Bertz CT molecular complexity index is 524. The van der Waals surface area contributed by atoms with Gasteiger partial charge in [0.1, 0.15) is 0 Å². The number of hydrogen-bond donors (Lipinski definition) is 0. The van der Waals surface area contributed by atoms with Crippen LogP contribution in [0.15, 0.2) is 57.2 Å². The first-order valence-corrected chi connectivity index (χ1v) is 6.18. The minimum Gasteiger partial charge on any atom is -0.151 e. The van der Waals surface area contributed by atoms with Gasteiger partial charge in [0.15, 0.2) is 0 Å². The van der Waals surface area contributed by atoms with Crippen molar-refractivity contribution in [2.24, 2.45) is 10.2 Å². The fourth-order valence-corrected chi connectivity index (χ4v) is 1.90. The molecule has 2 aromatic rings. The lowest BCUT2D eigenvalue weighted by molar-refractivity contribution is 1.21. The van der Waals surface area contributed by atoms with Crippen molar-refractivity contribution < 1.29 is 0 Å². The minimum absolute atomic E-state index is 0.854. The van der Waals surface area contributed by atoms with Gasteiger partial charge in [0, 0.05) is 4.47 Å². The standard InChI is InChI=1S/C14H13BrN2/c1-10-7-11(2)9-14(8-10)17-16-13-5-3-12(15)4-6-13/h3-9H,1-2H3. The Balaban J connectivity index is 2.22. The van der Waals surface area contributed by atoms with Gasteiger partial charge in [-0.2, -0.15) is 10.2 Å². The highest BCUT2D eigenvalue weighted by molar-refractivity contribution is 9.10. The van der Waals surface area contributed by atoms with Crippen LogP contribution in [-0.2, 0) is 0 Å². The third-order valence-electron chi connectivity index (χ3n) is 2.31. The lowest BCUT2D eigenvalue weighted by Crippen LogP contribution is -1.75. The molecule has 2 nitrogen and oxygen atoms in total. The maximum atomic E-state index is 4.24. The van der Waals surface area contributed by atoms with Crippen LogP contribution in [0.2, 0.25) is 0 Å². The highest BCUT2D eigenvalue weighted by Gasteiger charge is 1.94. The minimum atomic E-state index is 0.854. The summed E-state index contributed by atoms with van der Waals surface area (Å²) < 4.78 is 1.04. The molecular formula is C14H13BrN2. The van der Waals surface area contributed by atoms with Crippen LogP contribution < -0.4 is 0 Å². The van der Waals surface area contributed by atoms with E-state index in [1.54, 1.807) is 0 Å². The second-order valence-electron chi connectivity index (χ2n) is 4.02. The van der Waals surface area contributed by atoms with Gasteiger partial charge in [-0.25, -0.2) is 0 Å². The average molecular weight is 289 g/mol. The van der Waals surface area contributed by atoms with Gasteiger partial charge in [-0.05, 0) is 61.4 Å². The summed E-state index contributed by atoms with van der Waals surface area (Å²) in [6.45, 7) is 4.12. The van der Waals surface area contributed by atoms with Crippen LogP contribution in [-0.4, -0.2) is 0 Å². The number of azo groups is 1. The van der Waals surface area contributed by atoms with Crippen LogP contribution in [0.25, 0.3) is 0 Å². The quantitative estimate of drug-likeness (QED) is 0.654. The van der Waals surface area contributed by atoms with Crippen molar-refractivity contribution in [3.63, 3.8) is 0 Å². The van der Waals surface area contributed by atoms with E-state index in [1.165, 1.54) is 11.1 Å². The van der Waals surface area contributed by atoms with Gasteiger partial charge in [-0.1, -0.05) is 22.0 Å². The SMILES string of the molecule is Cc1cc(C)cc(N=Nc2ccc(Br)cc2)c1. The van der Waals surface area contributed by atoms with Crippen LogP contribution >= 0.6 is 15.9 Å². The number of benzene rings is 2. The van der Waals surface area contributed by atoms with Crippen LogP contribution in [0.4, 0.5) is 11.4 Å². The molecule has 17 heavy (non-hydrogen) atoms. The predicted octanol–water partition coefficient (Wildman–Crippen LogP) is 5.48. The number of halogens is 1. The van der Waals surface area contributed by atoms with Crippen molar-refractivity contribution in [3.8, 4) is 0 Å². The summed E-state index contributed by atoms with van der Waals surface area (Å²) in [7, 11) is 0. The number of nitrogens with zero attached hydrogens (tertiary/aromatic N) is 2. The van der Waals surface area contributed by atoms with Crippen molar-refractivity contribution in [3.05, 3.63) is 58.1 Å². The number of hydrogen-bond acceptors (Lipinski definition) is 2. The monoisotopic (exact) mass is 288 g/mol. The Kier molecular flexibility index (Phi) is 3.69. The summed E-state index contributed by atoms with van der Waals surface area (Å²) in [5.74, 6) is 0. The summed E-state index contributed by atoms with van der Waals surface area (Å²) in [5, 5.41) is 8.44. The molecule has 0 amide bonds. The lowest BCUT2D eigenvalue weighted by atomic mass is 10.1. The summed E-state index contributed by atoms with van der Waals surface area (Å²) in [6.07, 6.45) is 0. The molecule has 0 spiro atoms. The molecule has 2 rings (SSSR count). The van der Waals surface area contributed by atoms with Crippen molar-refractivity contribution in [2.45, 2.75) is 13.8 Å². The van der Waals surface area contributed by atoms with Gasteiger partial charge in [-0.3, -0.25) is 0 Å². The predicted molar refractivity (Wildman–Crippen MR) is 74.2 cm³/mol. The number of rotatable bonds is 2. The van der Waals surface area contributed by atoms with Crippen molar-refractivity contribution in [2.75, 3.05) is 0 Å². The molecule has 2 aromatic carbocycles. The summed E-state index contributed by atoms with van der Waals surface area (Å²) >= 11 is 3.39. The maximum Gasteiger partial charge on any atom is 0.0862 e. The van der Waals surface area contributed by atoms with Crippen molar-refractivity contribution >= 4 is 27.3 Å². The summed E-state index contributed by atoms with van der Waals surface area (Å²) in [6, 6.07) is 13.9. The van der Waals surface area contributed by atoms with Gasteiger partial charge in [0.25, 0.3) is 0 Å². The van der Waals surface area contributed by atoms with Crippen molar-refractivity contribution in [1.29, 1.82) is 0 Å². The Morgan fingerprint density at radius 2 is 1.29 bits per heavy atom. The highest BCUT2D eigenvalue weighted by atomic mass is 79.9. The van der Waals surface area contributed by atoms with Crippen LogP contribution in [0.3, 0.4) is 0 Å². The molecule has 86 valence electrons. The molecule has 0 bridgehead atoms. The Hall–Kier alpha value is -1.48. The van der Waals surface area contributed by atoms with E-state index >= 15 is 0 Å². The van der Waals surface area contributed by atoms with E-state index in [9.17, 15) is 0 Å². The smallest absolute Gasteiger partial charge is 0.0862 e. The third-order valence-corrected chi connectivity index (χ3v) is 2.84. The molecule has 0 saturated carbocycles. The topological polar surface area (TPSA) is 24.7 Å². The van der Waals surface area contributed by atoms with E-state index < -0.39 is 0 Å². The molecule has 0 aliphatic rings. The van der Waals surface area contributed by atoms with Crippen LogP contribution in [0, 0.1) is 13.8 Å². The van der Waals surface area contributed by atoms with E-state index in [0.717, 1.165) is 15.8 Å². The molecule has 0 atom stereocenters.